The summed E-state index contributed by atoms with van der Waals surface area (Å²) >= 11 is 0. The van der Waals surface area contributed by atoms with Crippen LogP contribution in [0.1, 0.15) is 26.2 Å². The Morgan fingerprint density at radius 1 is 1.62 bits per heavy atom. The first-order valence-corrected chi connectivity index (χ1v) is 4.86. The Bertz CT molecular complexity index is 167. The zero-order valence-corrected chi connectivity index (χ0v) is 8.05. The van der Waals surface area contributed by atoms with Gasteiger partial charge >= 0.3 is 0 Å². The molecule has 1 atom stereocenters. The molecular formula is C9H18N2O2. The van der Waals surface area contributed by atoms with Gasteiger partial charge in [-0.2, -0.15) is 0 Å². The predicted octanol–water partition coefficient (Wildman–Crippen LogP) is -0.374. The lowest BCUT2D eigenvalue weighted by Gasteiger charge is -2.07. The van der Waals surface area contributed by atoms with Gasteiger partial charge in [0, 0.05) is 25.6 Å². The van der Waals surface area contributed by atoms with E-state index in [-0.39, 0.29) is 5.91 Å². The van der Waals surface area contributed by atoms with Crippen molar-refractivity contribution in [1.29, 1.82) is 0 Å². The molecule has 0 aromatic heterocycles. The molecule has 0 spiro atoms. The highest BCUT2D eigenvalue weighted by molar-refractivity contribution is 5.76. The van der Waals surface area contributed by atoms with E-state index >= 15 is 0 Å². The van der Waals surface area contributed by atoms with Crippen molar-refractivity contribution in [2.45, 2.75) is 38.3 Å². The molecule has 0 unspecified atom stereocenters. The minimum absolute atomic E-state index is 0.00838. The van der Waals surface area contributed by atoms with Gasteiger partial charge in [0.25, 0.3) is 0 Å². The number of carbonyl (C=O) groups excluding carboxylic acids is 1. The molecule has 3 N–H and O–H groups in total. The quantitative estimate of drug-likeness (QED) is 0.530. The van der Waals surface area contributed by atoms with Gasteiger partial charge in [0.2, 0.25) is 5.91 Å². The lowest BCUT2D eigenvalue weighted by molar-refractivity contribution is -0.121. The Morgan fingerprint density at radius 2 is 2.31 bits per heavy atom. The number of carbonyl (C=O) groups is 1. The molecule has 76 valence electrons. The van der Waals surface area contributed by atoms with Crippen LogP contribution in [0.3, 0.4) is 0 Å². The van der Waals surface area contributed by atoms with Crippen molar-refractivity contribution in [3.63, 3.8) is 0 Å². The van der Waals surface area contributed by atoms with E-state index in [4.69, 9.17) is 5.11 Å². The highest BCUT2D eigenvalue weighted by atomic mass is 16.3. The second-order valence-corrected chi connectivity index (χ2v) is 3.63. The van der Waals surface area contributed by atoms with Crippen molar-refractivity contribution in [3.8, 4) is 0 Å². The van der Waals surface area contributed by atoms with Crippen LogP contribution in [0, 0.1) is 0 Å². The van der Waals surface area contributed by atoms with Crippen molar-refractivity contribution < 1.29 is 9.90 Å². The van der Waals surface area contributed by atoms with Gasteiger partial charge in [-0.15, -0.1) is 0 Å². The SMILES string of the molecule is C[C@@H](O)CNC(=O)CCNC1CC1. The van der Waals surface area contributed by atoms with Crippen LogP contribution in [0.25, 0.3) is 0 Å². The number of aliphatic hydroxyl groups excluding tert-OH is 1. The van der Waals surface area contributed by atoms with E-state index in [1.54, 1.807) is 6.92 Å². The van der Waals surface area contributed by atoms with Gasteiger partial charge in [0.1, 0.15) is 0 Å². The highest BCUT2D eigenvalue weighted by Crippen LogP contribution is 2.18. The zero-order valence-electron chi connectivity index (χ0n) is 8.05. The van der Waals surface area contributed by atoms with Crippen LogP contribution in [-0.4, -0.2) is 36.2 Å². The third kappa shape index (κ3) is 5.60. The molecule has 0 heterocycles. The molecule has 0 saturated heterocycles. The maximum Gasteiger partial charge on any atom is 0.221 e. The van der Waals surface area contributed by atoms with Gasteiger partial charge in [-0.25, -0.2) is 0 Å². The number of hydrogen-bond acceptors (Lipinski definition) is 3. The van der Waals surface area contributed by atoms with Gasteiger partial charge < -0.3 is 15.7 Å². The Labute approximate surface area is 78.7 Å². The number of rotatable bonds is 6. The fourth-order valence-electron chi connectivity index (χ4n) is 1.03. The van der Waals surface area contributed by atoms with Crippen molar-refractivity contribution >= 4 is 5.91 Å². The maximum absolute atomic E-state index is 11.1. The Kier molecular flexibility index (Phi) is 4.18. The molecule has 1 amide bonds. The lowest BCUT2D eigenvalue weighted by atomic mass is 10.3. The largest absolute Gasteiger partial charge is 0.392 e. The van der Waals surface area contributed by atoms with Gasteiger partial charge in [0.05, 0.1) is 6.10 Å². The normalized spacial score (nSPS) is 18.3. The van der Waals surface area contributed by atoms with Crippen LogP contribution in [0.5, 0.6) is 0 Å². The molecule has 1 aliphatic carbocycles. The van der Waals surface area contributed by atoms with E-state index in [0.717, 1.165) is 6.54 Å². The molecular weight excluding hydrogens is 168 g/mol. The molecule has 0 aliphatic heterocycles. The van der Waals surface area contributed by atoms with Gasteiger partial charge in [0.15, 0.2) is 0 Å². The van der Waals surface area contributed by atoms with E-state index in [9.17, 15) is 4.79 Å². The van der Waals surface area contributed by atoms with Crippen LogP contribution >= 0.6 is 0 Å². The monoisotopic (exact) mass is 186 g/mol. The second kappa shape index (κ2) is 5.19. The maximum atomic E-state index is 11.1. The molecule has 4 nitrogen and oxygen atoms in total. The molecule has 0 radical (unpaired) electrons. The minimum Gasteiger partial charge on any atom is -0.392 e. The summed E-state index contributed by atoms with van der Waals surface area (Å²) in [5.74, 6) is 0.00838. The lowest BCUT2D eigenvalue weighted by Crippen LogP contribution is -2.33. The molecule has 1 aliphatic rings. The van der Waals surface area contributed by atoms with E-state index < -0.39 is 6.10 Å². The summed E-state index contributed by atoms with van der Waals surface area (Å²) in [4.78, 5) is 11.1. The molecule has 0 aromatic carbocycles. The number of amides is 1. The van der Waals surface area contributed by atoms with Crippen LogP contribution in [0.4, 0.5) is 0 Å². The van der Waals surface area contributed by atoms with Crippen LogP contribution < -0.4 is 10.6 Å². The molecule has 1 saturated carbocycles. The second-order valence-electron chi connectivity index (χ2n) is 3.63. The zero-order chi connectivity index (χ0) is 9.68. The Morgan fingerprint density at radius 3 is 2.85 bits per heavy atom. The number of nitrogens with one attached hydrogen (secondary N) is 2. The summed E-state index contributed by atoms with van der Waals surface area (Å²) < 4.78 is 0. The average molecular weight is 186 g/mol. The fraction of sp³-hybridized carbons (Fsp3) is 0.889. The van der Waals surface area contributed by atoms with Gasteiger partial charge in [-0.05, 0) is 19.8 Å². The van der Waals surface area contributed by atoms with Crippen molar-refractivity contribution in [3.05, 3.63) is 0 Å². The minimum atomic E-state index is -0.458. The van der Waals surface area contributed by atoms with Crippen molar-refractivity contribution in [1.82, 2.24) is 10.6 Å². The third-order valence-electron chi connectivity index (χ3n) is 1.96. The highest BCUT2D eigenvalue weighted by Gasteiger charge is 2.19. The first-order chi connectivity index (χ1) is 6.18. The molecule has 4 heteroatoms. The van der Waals surface area contributed by atoms with E-state index in [1.165, 1.54) is 12.8 Å². The third-order valence-corrected chi connectivity index (χ3v) is 1.96. The first-order valence-electron chi connectivity index (χ1n) is 4.86. The van der Waals surface area contributed by atoms with E-state index in [0.29, 0.717) is 19.0 Å². The van der Waals surface area contributed by atoms with E-state index in [2.05, 4.69) is 10.6 Å². The summed E-state index contributed by atoms with van der Waals surface area (Å²) in [6.45, 7) is 2.75. The predicted molar refractivity (Wildman–Crippen MR) is 50.3 cm³/mol. The summed E-state index contributed by atoms with van der Waals surface area (Å²) in [5.41, 5.74) is 0. The fourth-order valence-corrected chi connectivity index (χ4v) is 1.03. The molecule has 1 fully saturated rings. The molecule has 0 aromatic rings. The number of aliphatic hydroxyl groups is 1. The van der Waals surface area contributed by atoms with Gasteiger partial charge in [-0.3, -0.25) is 4.79 Å². The summed E-state index contributed by atoms with van der Waals surface area (Å²) in [7, 11) is 0. The van der Waals surface area contributed by atoms with Crippen LogP contribution in [-0.2, 0) is 4.79 Å². The van der Waals surface area contributed by atoms with Crippen LogP contribution in [0.15, 0.2) is 0 Å². The smallest absolute Gasteiger partial charge is 0.221 e. The van der Waals surface area contributed by atoms with Gasteiger partial charge in [-0.1, -0.05) is 0 Å². The van der Waals surface area contributed by atoms with Crippen LogP contribution in [0.2, 0.25) is 0 Å². The summed E-state index contributed by atoms with van der Waals surface area (Å²) in [5, 5.41) is 14.8. The van der Waals surface area contributed by atoms with Crippen molar-refractivity contribution in [2.75, 3.05) is 13.1 Å². The summed E-state index contributed by atoms with van der Waals surface area (Å²) in [6.07, 6.45) is 2.54. The molecule has 1 rings (SSSR count). The molecule has 0 bridgehead atoms. The van der Waals surface area contributed by atoms with Crippen molar-refractivity contribution in [2.24, 2.45) is 0 Å². The Balaban J connectivity index is 1.90. The Hall–Kier alpha value is -0.610. The number of hydrogen-bond donors (Lipinski definition) is 3. The van der Waals surface area contributed by atoms with E-state index in [1.807, 2.05) is 0 Å². The topological polar surface area (TPSA) is 61.4 Å². The average Bonchev–Trinajstić information content (AvgIpc) is 2.84. The standard InChI is InChI=1S/C9H18N2O2/c1-7(12)6-11-9(13)4-5-10-8-2-3-8/h7-8,10,12H,2-6H2,1H3,(H,11,13)/t7-/m1/s1. The molecule has 13 heavy (non-hydrogen) atoms. The summed E-state index contributed by atoms with van der Waals surface area (Å²) in [6, 6.07) is 0.657. The first kappa shape index (κ1) is 10.5.